The minimum Gasteiger partial charge on any atom is -0.383 e. The zero-order valence-corrected chi connectivity index (χ0v) is 12.6. The molecule has 0 aromatic carbocycles. The van der Waals surface area contributed by atoms with E-state index in [9.17, 15) is 0 Å². The maximum absolute atomic E-state index is 5.64. The summed E-state index contributed by atoms with van der Waals surface area (Å²) in [5.41, 5.74) is 0.145. The van der Waals surface area contributed by atoms with Crippen LogP contribution < -0.4 is 5.32 Å². The van der Waals surface area contributed by atoms with Crippen LogP contribution >= 0.6 is 0 Å². The number of rotatable bonds is 9. The molecule has 1 atom stereocenters. The van der Waals surface area contributed by atoms with Gasteiger partial charge in [-0.25, -0.2) is 4.98 Å². The van der Waals surface area contributed by atoms with Gasteiger partial charge in [0, 0.05) is 45.2 Å². The van der Waals surface area contributed by atoms with E-state index >= 15 is 0 Å². The van der Waals surface area contributed by atoms with Crippen LogP contribution in [0.15, 0.2) is 6.33 Å². The average Bonchev–Trinajstić information content (AvgIpc) is 3.07. The van der Waals surface area contributed by atoms with E-state index in [-0.39, 0.29) is 5.41 Å². The highest BCUT2D eigenvalue weighted by atomic mass is 16.5. The second kappa shape index (κ2) is 7.71. The van der Waals surface area contributed by atoms with E-state index in [0.29, 0.717) is 0 Å². The lowest BCUT2D eigenvalue weighted by atomic mass is 9.83. The largest absolute Gasteiger partial charge is 0.383 e. The minimum atomic E-state index is 0.145. The number of aromatic nitrogens is 3. The van der Waals surface area contributed by atoms with Crippen molar-refractivity contribution in [3.8, 4) is 0 Å². The van der Waals surface area contributed by atoms with E-state index in [4.69, 9.17) is 9.47 Å². The first kappa shape index (κ1) is 15.4. The van der Waals surface area contributed by atoms with Gasteiger partial charge in [-0.2, -0.15) is 5.10 Å². The van der Waals surface area contributed by atoms with E-state index in [0.717, 1.165) is 64.5 Å². The summed E-state index contributed by atoms with van der Waals surface area (Å²) >= 11 is 0. The lowest BCUT2D eigenvalue weighted by molar-refractivity contribution is 0.143. The molecule has 1 aromatic heterocycles. The Morgan fingerprint density at radius 2 is 2.45 bits per heavy atom. The number of ether oxygens (including phenoxy) is 2. The van der Waals surface area contributed by atoms with Gasteiger partial charge in [0.05, 0.1) is 13.2 Å². The number of methoxy groups -OCH3 is 1. The van der Waals surface area contributed by atoms with Crippen molar-refractivity contribution in [3.63, 3.8) is 0 Å². The first-order chi connectivity index (χ1) is 9.79. The van der Waals surface area contributed by atoms with Crippen molar-refractivity contribution < 1.29 is 9.47 Å². The first-order valence-electron chi connectivity index (χ1n) is 7.44. The lowest BCUT2D eigenvalue weighted by Crippen LogP contribution is -2.38. The Bertz CT molecular complexity index is 388. The number of nitrogens with one attached hydrogen (secondary N) is 1. The summed E-state index contributed by atoms with van der Waals surface area (Å²) in [6.45, 7) is 7.29. The van der Waals surface area contributed by atoms with Crippen LogP contribution in [0.5, 0.6) is 0 Å². The number of hydrogen-bond donors (Lipinski definition) is 1. The molecule has 0 bridgehead atoms. The van der Waals surface area contributed by atoms with Gasteiger partial charge in [-0.15, -0.1) is 0 Å². The highest BCUT2D eigenvalue weighted by Gasteiger charge is 2.36. The van der Waals surface area contributed by atoms with Crippen LogP contribution in [0.25, 0.3) is 0 Å². The Labute approximate surface area is 120 Å². The molecule has 1 N–H and O–H groups in total. The molecule has 2 heterocycles. The van der Waals surface area contributed by atoms with Crippen molar-refractivity contribution in [1.29, 1.82) is 0 Å². The SMILES string of the molecule is CCCn1ncnc1CC1(CNCCOC)CCOC1. The molecular formula is C14H26N4O2. The summed E-state index contributed by atoms with van der Waals surface area (Å²) in [5, 5.41) is 7.78. The molecule has 114 valence electrons. The smallest absolute Gasteiger partial charge is 0.138 e. The van der Waals surface area contributed by atoms with E-state index in [1.54, 1.807) is 13.4 Å². The second-order valence-corrected chi connectivity index (χ2v) is 5.55. The summed E-state index contributed by atoms with van der Waals surface area (Å²) in [5.74, 6) is 1.07. The quantitative estimate of drug-likeness (QED) is 0.681. The maximum atomic E-state index is 5.64. The zero-order valence-electron chi connectivity index (χ0n) is 12.6. The van der Waals surface area contributed by atoms with E-state index in [1.165, 1.54) is 0 Å². The predicted molar refractivity (Wildman–Crippen MR) is 76.6 cm³/mol. The van der Waals surface area contributed by atoms with E-state index in [1.807, 2.05) is 4.68 Å². The van der Waals surface area contributed by atoms with Crippen molar-refractivity contribution in [3.05, 3.63) is 12.2 Å². The third-order valence-corrected chi connectivity index (χ3v) is 3.83. The topological polar surface area (TPSA) is 61.2 Å². The van der Waals surface area contributed by atoms with Gasteiger partial charge in [0.1, 0.15) is 12.2 Å². The molecule has 0 radical (unpaired) electrons. The van der Waals surface area contributed by atoms with Crippen molar-refractivity contribution >= 4 is 0 Å². The van der Waals surface area contributed by atoms with Crippen LogP contribution in [0.4, 0.5) is 0 Å². The number of aryl methyl sites for hydroxylation is 1. The van der Waals surface area contributed by atoms with Gasteiger partial charge >= 0.3 is 0 Å². The zero-order chi connectivity index (χ0) is 14.3. The third kappa shape index (κ3) is 4.01. The van der Waals surface area contributed by atoms with E-state index < -0.39 is 0 Å². The van der Waals surface area contributed by atoms with Crippen molar-refractivity contribution in [2.75, 3.05) is 40.0 Å². The third-order valence-electron chi connectivity index (χ3n) is 3.83. The normalized spacial score (nSPS) is 22.5. The Kier molecular flexibility index (Phi) is 5.94. The number of hydrogen-bond acceptors (Lipinski definition) is 5. The van der Waals surface area contributed by atoms with Crippen molar-refractivity contribution in [2.45, 2.75) is 32.7 Å². The summed E-state index contributed by atoms with van der Waals surface area (Å²) in [4.78, 5) is 4.43. The summed E-state index contributed by atoms with van der Waals surface area (Å²) in [6.07, 6.45) is 4.73. The molecule has 6 nitrogen and oxygen atoms in total. The summed E-state index contributed by atoms with van der Waals surface area (Å²) in [6, 6.07) is 0. The van der Waals surface area contributed by atoms with Gasteiger partial charge in [-0.3, -0.25) is 4.68 Å². The van der Waals surface area contributed by atoms with Crippen molar-refractivity contribution in [1.82, 2.24) is 20.1 Å². The molecule has 0 saturated carbocycles. The minimum absolute atomic E-state index is 0.145. The molecule has 1 unspecified atom stereocenters. The standard InChI is InChI=1S/C14H26N4O2/c1-3-6-18-13(16-12-17-18)9-14(4-7-20-11-14)10-15-5-8-19-2/h12,15H,3-11H2,1-2H3. The molecule has 0 spiro atoms. The molecule has 1 saturated heterocycles. The highest BCUT2D eigenvalue weighted by molar-refractivity contribution is 4.97. The molecule has 1 aliphatic heterocycles. The van der Waals surface area contributed by atoms with Crippen LogP contribution in [-0.4, -0.2) is 54.8 Å². The molecule has 6 heteroatoms. The van der Waals surface area contributed by atoms with Crippen molar-refractivity contribution in [2.24, 2.45) is 5.41 Å². The fraction of sp³-hybridized carbons (Fsp3) is 0.857. The lowest BCUT2D eigenvalue weighted by Gasteiger charge is -2.27. The van der Waals surface area contributed by atoms with Gasteiger partial charge in [0.2, 0.25) is 0 Å². The Hall–Kier alpha value is -0.980. The monoisotopic (exact) mass is 282 g/mol. The number of nitrogens with zero attached hydrogens (tertiary/aromatic N) is 3. The van der Waals surface area contributed by atoms with Crippen LogP contribution in [0.3, 0.4) is 0 Å². The molecule has 20 heavy (non-hydrogen) atoms. The van der Waals surface area contributed by atoms with Crippen LogP contribution in [0.2, 0.25) is 0 Å². The van der Waals surface area contributed by atoms with Crippen LogP contribution in [0.1, 0.15) is 25.6 Å². The van der Waals surface area contributed by atoms with Gasteiger partial charge in [0.15, 0.2) is 0 Å². The maximum Gasteiger partial charge on any atom is 0.138 e. The Morgan fingerprint density at radius 3 is 3.15 bits per heavy atom. The van der Waals surface area contributed by atoms with Crippen LogP contribution in [-0.2, 0) is 22.4 Å². The molecule has 0 aliphatic carbocycles. The average molecular weight is 282 g/mol. The Morgan fingerprint density at radius 1 is 1.55 bits per heavy atom. The fourth-order valence-electron chi connectivity index (χ4n) is 2.68. The molecule has 1 fully saturated rings. The first-order valence-corrected chi connectivity index (χ1v) is 7.44. The molecule has 1 aromatic rings. The fourth-order valence-corrected chi connectivity index (χ4v) is 2.68. The second-order valence-electron chi connectivity index (χ2n) is 5.55. The van der Waals surface area contributed by atoms with Crippen LogP contribution in [0, 0.1) is 5.41 Å². The Balaban J connectivity index is 1.95. The van der Waals surface area contributed by atoms with Gasteiger partial charge in [-0.1, -0.05) is 6.92 Å². The summed E-state index contributed by atoms with van der Waals surface area (Å²) in [7, 11) is 1.73. The highest BCUT2D eigenvalue weighted by Crippen LogP contribution is 2.31. The molecular weight excluding hydrogens is 256 g/mol. The molecule has 2 rings (SSSR count). The predicted octanol–water partition coefficient (Wildman–Crippen LogP) is 0.873. The molecule has 1 aliphatic rings. The molecule has 0 amide bonds. The summed E-state index contributed by atoms with van der Waals surface area (Å²) < 4.78 is 12.7. The van der Waals surface area contributed by atoms with E-state index in [2.05, 4.69) is 22.3 Å². The van der Waals surface area contributed by atoms with Gasteiger partial charge in [-0.05, 0) is 12.8 Å². The van der Waals surface area contributed by atoms with Gasteiger partial charge < -0.3 is 14.8 Å². The van der Waals surface area contributed by atoms with Gasteiger partial charge in [0.25, 0.3) is 0 Å².